The number of aromatic hydroxyl groups is 1. The number of rotatable bonds is 7. The Morgan fingerprint density at radius 3 is 2.62 bits per heavy atom. The van der Waals surface area contributed by atoms with Gasteiger partial charge in [0.2, 0.25) is 0 Å². The van der Waals surface area contributed by atoms with Crippen molar-refractivity contribution in [1.29, 1.82) is 0 Å². The maximum Gasteiger partial charge on any atom is 0.119 e. The van der Waals surface area contributed by atoms with Gasteiger partial charge in [0.05, 0.1) is 0 Å². The number of fused-ring (bicyclic) bond motifs is 1. The van der Waals surface area contributed by atoms with Crippen molar-refractivity contribution in [3.8, 4) is 5.75 Å². The molecule has 0 amide bonds. The van der Waals surface area contributed by atoms with Crippen molar-refractivity contribution >= 4 is 12.4 Å². The van der Waals surface area contributed by atoms with Crippen LogP contribution < -0.4 is 5.32 Å². The highest BCUT2D eigenvalue weighted by atomic mass is 35.5. The van der Waals surface area contributed by atoms with Gasteiger partial charge >= 0.3 is 0 Å². The number of nitrogens with one attached hydrogen (secondary N) is 1. The van der Waals surface area contributed by atoms with Crippen LogP contribution in [-0.2, 0) is 19.3 Å². The first-order valence-electron chi connectivity index (χ1n) is 8.90. The second-order valence-electron chi connectivity index (χ2n) is 6.60. The average molecular weight is 346 g/mol. The summed E-state index contributed by atoms with van der Waals surface area (Å²) in [7, 11) is 0. The Hall–Kier alpha value is -1.51. The topological polar surface area (TPSA) is 32.3 Å². The van der Waals surface area contributed by atoms with Gasteiger partial charge in [-0.05, 0) is 67.8 Å². The first-order chi connectivity index (χ1) is 11.3. The Labute approximate surface area is 151 Å². The highest BCUT2D eigenvalue weighted by Gasteiger charge is 2.19. The number of hydrogen-bond acceptors (Lipinski definition) is 2. The van der Waals surface area contributed by atoms with Crippen LogP contribution in [0.5, 0.6) is 5.75 Å². The van der Waals surface area contributed by atoms with E-state index in [9.17, 15) is 5.11 Å². The molecular formula is C21H28ClNO. The molecule has 0 aromatic heterocycles. The van der Waals surface area contributed by atoms with Gasteiger partial charge in [-0.3, -0.25) is 0 Å². The zero-order valence-corrected chi connectivity index (χ0v) is 15.0. The predicted octanol–water partition coefficient (Wildman–Crippen LogP) is 4.67. The van der Waals surface area contributed by atoms with E-state index in [2.05, 4.69) is 41.7 Å². The molecule has 1 aliphatic rings. The summed E-state index contributed by atoms with van der Waals surface area (Å²) in [6.45, 7) is 1.10. The lowest BCUT2D eigenvalue weighted by Gasteiger charge is -2.26. The molecule has 0 saturated heterocycles. The van der Waals surface area contributed by atoms with E-state index in [0.29, 0.717) is 11.8 Å². The molecule has 0 spiro atoms. The van der Waals surface area contributed by atoms with Crippen LogP contribution in [0.1, 0.15) is 42.4 Å². The fourth-order valence-corrected chi connectivity index (χ4v) is 3.54. The largest absolute Gasteiger partial charge is 0.508 e. The van der Waals surface area contributed by atoms with Crippen molar-refractivity contribution in [3.63, 3.8) is 0 Å². The molecule has 2 nitrogen and oxygen atoms in total. The Bertz CT molecular complexity index is 614. The molecule has 1 atom stereocenters. The number of phenols is 1. The second-order valence-corrected chi connectivity index (χ2v) is 6.60. The highest BCUT2D eigenvalue weighted by molar-refractivity contribution is 5.85. The summed E-state index contributed by atoms with van der Waals surface area (Å²) < 4.78 is 0. The van der Waals surface area contributed by atoms with Crippen LogP contribution in [0.3, 0.4) is 0 Å². The van der Waals surface area contributed by atoms with Crippen molar-refractivity contribution in [1.82, 2.24) is 5.32 Å². The predicted molar refractivity (Wildman–Crippen MR) is 103 cm³/mol. The van der Waals surface area contributed by atoms with Crippen molar-refractivity contribution in [2.75, 3.05) is 6.54 Å². The molecule has 1 aliphatic carbocycles. The van der Waals surface area contributed by atoms with E-state index < -0.39 is 0 Å². The van der Waals surface area contributed by atoms with Crippen LogP contribution >= 0.6 is 12.4 Å². The summed E-state index contributed by atoms with van der Waals surface area (Å²) >= 11 is 0. The van der Waals surface area contributed by atoms with E-state index >= 15 is 0 Å². The van der Waals surface area contributed by atoms with Crippen molar-refractivity contribution < 1.29 is 5.11 Å². The molecule has 0 bridgehead atoms. The number of aryl methyl sites for hydroxylation is 1. The Kier molecular flexibility index (Phi) is 7.61. The Morgan fingerprint density at radius 1 is 0.958 bits per heavy atom. The molecule has 24 heavy (non-hydrogen) atoms. The van der Waals surface area contributed by atoms with Crippen LogP contribution in [0, 0.1) is 0 Å². The SMILES string of the molecule is Cl.Oc1cccc2c1CCC(NCCCCCc1ccccc1)C2. The third-order valence-corrected chi connectivity index (χ3v) is 4.88. The van der Waals surface area contributed by atoms with Gasteiger partial charge in [0, 0.05) is 6.04 Å². The quantitative estimate of drug-likeness (QED) is 0.714. The van der Waals surface area contributed by atoms with E-state index in [-0.39, 0.29) is 12.4 Å². The normalized spacial score (nSPS) is 16.2. The van der Waals surface area contributed by atoms with Gasteiger partial charge in [-0.1, -0.05) is 48.9 Å². The van der Waals surface area contributed by atoms with Crippen molar-refractivity contribution in [3.05, 3.63) is 65.2 Å². The summed E-state index contributed by atoms with van der Waals surface area (Å²) in [5.41, 5.74) is 3.93. The first-order valence-corrected chi connectivity index (χ1v) is 8.90. The van der Waals surface area contributed by atoms with Crippen LogP contribution in [0.15, 0.2) is 48.5 Å². The zero-order valence-electron chi connectivity index (χ0n) is 14.2. The van der Waals surface area contributed by atoms with E-state index in [1.54, 1.807) is 6.07 Å². The van der Waals surface area contributed by atoms with E-state index in [1.807, 2.05) is 6.07 Å². The molecule has 2 N–H and O–H groups in total. The smallest absolute Gasteiger partial charge is 0.119 e. The second kappa shape index (κ2) is 9.71. The highest BCUT2D eigenvalue weighted by Crippen LogP contribution is 2.28. The lowest BCUT2D eigenvalue weighted by molar-refractivity contribution is 0.427. The van der Waals surface area contributed by atoms with Crippen LogP contribution in [0.4, 0.5) is 0 Å². The standard InChI is InChI=1S/C21H27NO.ClH/c23-21-12-7-11-18-16-19(13-14-20(18)21)22-15-6-2-5-10-17-8-3-1-4-9-17;/h1,3-4,7-9,11-12,19,22-23H,2,5-6,10,13-16H2;1H. The Balaban J connectivity index is 0.00000208. The van der Waals surface area contributed by atoms with Gasteiger partial charge in [-0.25, -0.2) is 0 Å². The lowest BCUT2D eigenvalue weighted by Crippen LogP contribution is -2.35. The number of halogens is 1. The maximum absolute atomic E-state index is 9.89. The zero-order chi connectivity index (χ0) is 15.9. The van der Waals surface area contributed by atoms with Crippen molar-refractivity contribution in [2.24, 2.45) is 0 Å². The minimum absolute atomic E-state index is 0. The fraction of sp³-hybridized carbons (Fsp3) is 0.429. The monoisotopic (exact) mass is 345 g/mol. The molecule has 1 unspecified atom stereocenters. The summed E-state index contributed by atoms with van der Waals surface area (Å²) in [6.07, 6.45) is 8.17. The number of unbranched alkanes of at least 4 members (excludes halogenated alkanes) is 2. The molecule has 0 fully saturated rings. The lowest BCUT2D eigenvalue weighted by atomic mass is 9.87. The molecule has 0 aliphatic heterocycles. The number of benzene rings is 2. The van der Waals surface area contributed by atoms with Gasteiger partial charge in [0.1, 0.15) is 5.75 Å². The Morgan fingerprint density at radius 2 is 1.79 bits per heavy atom. The summed E-state index contributed by atoms with van der Waals surface area (Å²) in [5.74, 6) is 0.474. The molecule has 3 rings (SSSR count). The number of hydrogen-bond donors (Lipinski definition) is 2. The molecule has 0 radical (unpaired) electrons. The maximum atomic E-state index is 9.89. The van der Waals surface area contributed by atoms with Crippen LogP contribution in [0.25, 0.3) is 0 Å². The van der Waals surface area contributed by atoms with Gasteiger partial charge < -0.3 is 10.4 Å². The van der Waals surface area contributed by atoms with Crippen LogP contribution in [-0.4, -0.2) is 17.7 Å². The van der Waals surface area contributed by atoms with E-state index in [4.69, 9.17) is 0 Å². The molecular weight excluding hydrogens is 318 g/mol. The number of phenolic OH excluding ortho intramolecular Hbond substituents is 1. The van der Waals surface area contributed by atoms with Gasteiger partial charge in [-0.2, -0.15) is 0 Å². The molecule has 0 saturated carbocycles. The van der Waals surface area contributed by atoms with E-state index in [0.717, 1.165) is 31.4 Å². The molecule has 2 aromatic carbocycles. The minimum atomic E-state index is 0. The van der Waals surface area contributed by atoms with Gasteiger partial charge in [0.15, 0.2) is 0 Å². The van der Waals surface area contributed by atoms with Gasteiger partial charge in [-0.15, -0.1) is 12.4 Å². The molecule has 3 heteroatoms. The summed E-state index contributed by atoms with van der Waals surface area (Å²) in [5, 5.41) is 13.6. The summed E-state index contributed by atoms with van der Waals surface area (Å²) in [6, 6.07) is 17.2. The van der Waals surface area contributed by atoms with E-state index in [1.165, 1.54) is 36.8 Å². The minimum Gasteiger partial charge on any atom is -0.508 e. The summed E-state index contributed by atoms with van der Waals surface area (Å²) in [4.78, 5) is 0. The molecule has 0 heterocycles. The van der Waals surface area contributed by atoms with Crippen LogP contribution in [0.2, 0.25) is 0 Å². The third-order valence-electron chi connectivity index (χ3n) is 4.88. The first kappa shape index (κ1) is 18.8. The average Bonchev–Trinajstić information content (AvgIpc) is 2.59. The van der Waals surface area contributed by atoms with Crippen molar-refractivity contribution in [2.45, 2.75) is 51.0 Å². The third kappa shape index (κ3) is 5.25. The molecule has 130 valence electrons. The fourth-order valence-electron chi connectivity index (χ4n) is 3.54. The molecule has 2 aromatic rings. The van der Waals surface area contributed by atoms with Gasteiger partial charge in [0.25, 0.3) is 0 Å².